The Morgan fingerprint density at radius 1 is 1.00 bits per heavy atom. The van der Waals surface area contributed by atoms with Gasteiger partial charge < -0.3 is 9.47 Å². The molecule has 6 heteroatoms. The van der Waals surface area contributed by atoms with Gasteiger partial charge in [-0.25, -0.2) is 0 Å². The van der Waals surface area contributed by atoms with E-state index in [9.17, 15) is 8.42 Å². The van der Waals surface area contributed by atoms with Gasteiger partial charge in [-0.3, -0.25) is 4.18 Å². The van der Waals surface area contributed by atoms with Gasteiger partial charge in [0.25, 0.3) is 10.1 Å². The van der Waals surface area contributed by atoms with Gasteiger partial charge in [0.15, 0.2) is 11.5 Å². The van der Waals surface area contributed by atoms with Crippen LogP contribution in [0.25, 0.3) is 0 Å². The topological polar surface area (TPSA) is 61.8 Å². The summed E-state index contributed by atoms with van der Waals surface area (Å²) in [6, 6.07) is 12.2. The van der Waals surface area contributed by atoms with Gasteiger partial charge in [0.05, 0.1) is 11.5 Å². The standard InChI is InChI=1S/C18H20O5S/c1-13-4-7-15(8-5-13)24(19,20)21-11-10-14-6-9-16-17(12-14)23-18(2,3)22-16/h4-9,12H,10-11H2,1-3H3. The van der Waals surface area contributed by atoms with E-state index in [1.807, 2.05) is 39.0 Å². The third-order valence-corrected chi connectivity index (χ3v) is 4.98. The van der Waals surface area contributed by atoms with Crippen LogP contribution in [0.5, 0.6) is 11.5 Å². The fraction of sp³-hybridized carbons (Fsp3) is 0.333. The predicted octanol–water partition coefficient (Wildman–Crippen LogP) is 3.45. The van der Waals surface area contributed by atoms with E-state index in [0.717, 1.165) is 11.1 Å². The minimum atomic E-state index is -3.73. The Kier molecular flexibility index (Phi) is 4.27. The summed E-state index contributed by atoms with van der Waals surface area (Å²) in [7, 11) is -3.73. The molecule has 0 N–H and O–H groups in total. The minimum absolute atomic E-state index is 0.0687. The molecule has 0 bridgehead atoms. The van der Waals surface area contributed by atoms with Crippen molar-refractivity contribution in [2.45, 2.75) is 37.9 Å². The van der Waals surface area contributed by atoms with Crippen LogP contribution in [0.3, 0.4) is 0 Å². The highest BCUT2D eigenvalue weighted by Gasteiger charge is 2.31. The monoisotopic (exact) mass is 348 g/mol. The summed E-state index contributed by atoms with van der Waals surface area (Å²) in [5, 5.41) is 0. The summed E-state index contributed by atoms with van der Waals surface area (Å²) in [6.45, 7) is 5.64. The molecule has 0 atom stereocenters. The molecular formula is C18H20O5S. The van der Waals surface area contributed by atoms with Crippen LogP contribution < -0.4 is 9.47 Å². The molecule has 0 fully saturated rings. The average molecular weight is 348 g/mol. The number of hydrogen-bond donors (Lipinski definition) is 0. The second-order valence-corrected chi connectivity index (χ2v) is 7.84. The highest BCUT2D eigenvalue weighted by molar-refractivity contribution is 7.86. The van der Waals surface area contributed by atoms with Crippen molar-refractivity contribution in [3.63, 3.8) is 0 Å². The molecular weight excluding hydrogens is 328 g/mol. The third-order valence-electron chi connectivity index (χ3n) is 3.66. The summed E-state index contributed by atoms with van der Waals surface area (Å²) < 4.78 is 40.7. The smallest absolute Gasteiger partial charge is 0.296 e. The van der Waals surface area contributed by atoms with Crippen molar-refractivity contribution in [1.82, 2.24) is 0 Å². The van der Waals surface area contributed by atoms with E-state index >= 15 is 0 Å². The molecule has 1 aliphatic heterocycles. The Bertz CT molecular complexity index is 838. The summed E-state index contributed by atoms with van der Waals surface area (Å²) >= 11 is 0. The number of aryl methyl sites for hydroxylation is 1. The molecule has 0 aromatic heterocycles. The Hall–Kier alpha value is -2.05. The lowest BCUT2D eigenvalue weighted by Crippen LogP contribution is -2.29. The zero-order valence-corrected chi connectivity index (χ0v) is 14.7. The van der Waals surface area contributed by atoms with Gasteiger partial charge in [0, 0.05) is 13.8 Å². The molecule has 3 rings (SSSR count). The number of ether oxygens (including phenoxy) is 2. The lowest BCUT2D eigenvalue weighted by molar-refractivity contribution is -0.0431. The first-order valence-corrected chi connectivity index (χ1v) is 9.13. The first kappa shape index (κ1) is 16.8. The lowest BCUT2D eigenvalue weighted by Gasteiger charge is -2.16. The van der Waals surface area contributed by atoms with Gasteiger partial charge in [-0.05, 0) is 43.2 Å². The van der Waals surface area contributed by atoms with Crippen molar-refractivity contribution < 1.29 is 22.1 Å². The van der Waals surface area contributed by atoms with Crippen molar-refractivity contribution in [2.75, 3.05) is 6.61 Å². The summed E-state index contributed by atoms with van der Waals surface area (Å²) in [5.74, 6) is 0.683. The maximum Gasteiger partial charge on any atom is 0.296 e. The fourth-order valence-electron chi connectivity index (χ4n) is 2.46. The maximum atomic E-state index is 12.1. The average Bonchev–Trinajstić information content (AvgIpc) is 2.80. The van der Waals surface area contributed by atoms with Crippen molar-refractivity contribution in [3.8, 4) is 11.5 Å². The predicted molar refractivity (Wildman–Crippen MR) is 89.8 cm³/mol. The zero-order valence-electron chi connectivity index (χ0n) is 13.9. The van der Waals surface area contributed by atoms with Gasteiger partial charge >= 0.3 is 0 Å². The molecule has 0 saturated carbocycles. The molecule has 0 unspecified atom stereocenters. The molecule has 0 amide bonds. The molecule has 5 nitrogen and oxygen atoms in total. The van der Waals surface area contributed by atoms with Crippen LogP contribution in [-0.2, 0) is 20.7 Å². The van der Waals surface area contributed by atoms with Crippen LogP contribution >= 0.6 is 0 Å². The largest absolute Gasteiger partial charge is 0.449 e. The van der Waals surface area contributed by atoms with E-state index < -0.39 is 15.9 Å². The van der Waals surface area contributed by atoms with E-state index in [-0.39, 0.29) is 11.5 Å². The van der Waals surface area contributed by atoms with Crippen molar-refractivity contribution in [2.24, 2.45) is 0 Å². The first-order valence-electron chi connectivity index (χ1n) is 7.72. The zero-order chi connectivity index (χ0) is 17.4. The Morgan fingerprint density at radius 2 is 1.67 bits per heavy atom. The molecule has 24 heavy (non-hydrogen) atoms. The van der Waals surface area contributed by atoms with E-state index in [1.54, 1.807) is 24.3 Å². The molecule has 0 spiro atoms. The van der Waals surface area contributed by atoms with Crippen LogP contribution in [0.15, 0.2) is 47.4 Å². The maximum absolute atomic E-state index is 12.1. The SMILES string of the molecule is Cc1ccc(S(=O)(=O)OCCc2ccc3c(c2)OC(C)(C)O3)cc1. The molecule has 0 radical (unpaired) electrons. The number of rotatable bonds is 5. The van der Waals surface area contributed by atoms with E-state index in [4.69, 9.17) is 13.7 Å². The molecule has 2 aromatic rings. The van der Waals surface area contributed by atoms with E-state index in [2.05, 4.69) is 0 Å². The van der Waals surface area contributed by atoms with Crippen LogP contribution in [0.2, 0.25) is 0 Å². The number of fused-ring (bicyclic) bond motifs is 1. The second-order valence-electron chi connectivity index (χ2n) is 6.22. The van der Waals surface area contributed by atoms with Gasteiger partial charge in [0.1, 0.15) is 0 Å². The molecule has 1 aliphatic rings. The Labute approximate surface area is 142 Å². The number of benzene rings is 2. The van der Waals surface area contributed by atoms with Crippen molar-refractivity contribution in [1.29, 1.82) is 0 Å². The van der Waals surface area contributed by atoms with Crippen molar-refractivity contribution >= 4 is 10.1 Å². The third kappa shape index (κ3) is 3.71. The van der Waals surface area contributed by atoms with Gasteiger partial charge in [-0.2, -0.15) is 8.42 Å². The van der Waals surface area contributed by atoms with Crippen LogP contribution in [0.1, 0.15) is 25.0 Å². The number of hydrogen-bond acceptors (Lipinski definition) is 5. The lowest BCUT2D eigenvalue weighted by atomic mass is 10.1. The van der Waals surface area contributed by atoms with Gasteiger partial charge in [-0.15, -0.1) is 0 Å². The second kappa shape index (κ2) is 6.11. The van der Waals surface area contributed by atoms with Gasteiger partial charge in [-0.1, -0.05) is 23.8 Å². The van der Waals surface area contributed by atoms with Crippen LogP contribution in [0, 0.1) is 6.92 Å². The Morgan fingerprint density at radius 3 is 2.38 bits per heavy atom. The molecule has 1 heterocycles. The van der Waals surface area contributed by atoms with Crippen LogP contribution in [-0.4, -0.2) is 20.8 Å². The first-order chi connectivity index (χ1) is 11.3. The van der Waals surface area contributed by atoms with Gasteiger partial charge in [0.2, 0.25) is 5.79 Å². The van der Waals surface area contributed by atoms with E-state index in [1.165, 1.54) is 0 Å². The molecule has 0 aliphatic carbocycles. The Balaban J connectivity index is 1.62. The summed E-state index contributed by atoms with van der Waals surface area (Å²) in [6.07, 6.45) is 0.460. The highest BCUT2D eigenvalue weighted by atomic mass is 32.2. The highest BCUT2D eigenvalue weighted by Crippen LogP contribution is 2.39. The fourth-order valence-corrected chi connectivity index (χ4v) is 3.37. The normalized spacial score (nSPS) is 15.5. The molecule has 128 valence electrons. The van der Waals surface area contributed by atoms with Crippen molar-refractivity contribution in [3.05, 3.63) is 53.6 Å². The molecule has 0 saturated heterocycles. The molecule has 2 aromatic carbocycles. The summed E-state index contributed by atoms with van der Waals surface area (Å²) in [5.41, 5.74) is 1.92. The minimum Gasteiger partial charge on any atom is -0.449 e. The van der Waals surface area contributed by atoms with Crippen LogP contribution in [0.4, 0.5) is 0 Å². The summed E-state index contributed by atoms with van der Waals surface area (Å²) in [4.78, 5) is 0.167. The quantitative estimate of drug-likeness (QED) is 0.775. The van der Waals surface area contributed by atoms with E-state index in [0.29, 0.717) is 17.9 Å².